The molecule has 2 heterocycles. The Morgan fingerprint density at radius 2 is 1.94 bits per heavy atom. The van der Waals surface area contributed by atoms with E-state index < -0.39 is 0 Å². The van der Waals surface area contributed by atoms with Gasteiger partial charge in [-0.2, -0.15) is 4.98 Å². The molecule has 0 aliphatic carbocycles. The van der Waals surface area contributed by atoms with Gasteiger partial charge in [0.25, 0.3) is 5.91 Å². The van der Waals surface area contributed by atoms with E-state index >= 15 is 0 Å². The van der Waals surface area contributed by atoms with E-state index in [0.29, 0.717) is 33.9 Å². The average molecular weight is 495 g/mol. The van der Waals surface area contributed by atoms with Gasteiger partial charge in [-0.3, -0.25) is 9.59 Å². The second-order valence-electron chi connectivity index (χ2n) is 7.41. The summed E-state index contributed by atoms with van der Waals surface area (Å²) in [5.41, 5.74) is 4.03. The summed E-state index contributed by atoms with van der Waals surface area (Å²) < 4.78 is 0.664. The van der Waals surface area contributed by atoms with Crippen LogP contribution in [0.1, 0.15) is 28.8 Å². The largest absolute Gasteiger partial charge is 0.355 e. The van der Waals surface area contributed by atoms with E-state index in [4.69, 9.17) is 0 Å². The number of rotatable bonds is 5. The topological polar surface area (TPSA) is 99.2 Å². The van der Waals surface area contributed by atoms with Crippen molar-refractivity contribution in [3.8, 4) is 0 Å². The van der Waals surface area contributed by atoms with Gasteiger partial charge in [0, 0.05) is 38.1 Å². The molecular weight excluding hydrogens is 472 g/mol. The molecule has 1 aliphatic rings. The Balaban J connectivity index is 1.59. The summed E-state index contributed by atoms with van der Waals surface area (Å²) in [7, 11) is 3.40. The van der Waals surface area contributed by atoms with Crippen molar-refractivity contribution in [2.24, 2.45) is 0 Å². The van der Waals surface area contributed by atoms with E-state index in [9.17, 15) is 9.59 Å². The maximum absolute atomic E-state index is 12.2. The Bertz CT molecular complexity index is 1180. The SMILES string of the molecule is CNC(=O)c1ccccc1Nc1nc(Nc2ccc3c(c2)CCCC(=O)N3C)ncc1Br. The third-order valence-corrected chi connectivity index (χ3v) is 5.88. The van der Waals surface area contributed by atoms with Crippen molar-refractivity contribution in [3.05, 3.63) is 64.3 Å². The highest BCUT2D eigenvalue weighted by atomic mass is 79.9. The van der Waals surface area contributed by atoms with Crippen molar-refractivity contribution < 1.29 is 9.59 Å². The predicted molar refractivity (Wildman–Crippen MR) is 129 cm³/mol. The highest BCUT2D eigenvalue weighted by molar-refractivity contribution is 9.10. The maximum atomic E-state index is 12.2. The molecule has 2 aromatic carbocycles. The van der Waals surface area contributed by atoms with Crippen LogP contribution in [-0.4, -0.2) is 35.9 Å². The van der Waals surface area contributed by atoms with Crippen LogP contribution >= 0.6 is 15.9 Å². The van der Waals surface area contributed by atoms with E-state index in [1.165, 1.54) is 0 Å². The highest BCUT2D eigenvalue weighted by Crippen LogP contribution is 2.31. The molecule has 0 atom stereocenters. The van der Waals surface area contributed by atoms with E-state index in [-0.39, 0.29) is 11.8 Å². The molecule has 8 nitrogen and oxygen atoms in total. The summed E-state index contributed by atoms with van der Waals surface area (Å²) in [6.07, 6.45) is 3.87. The van der Waals surface area contributed by atoms with Gasteiger partial charge < -0.3 is 20.9 Å². The molecular formula is C23H23BrN6O2. The van der Waals surface area contributed by atoms with Crippen molar-refractivity contribution in [2.45, 2.75) is 19.3 Å². The molecule has 3 aromatic rings. The molecule has 0 spiro atoms. The van der Waals surface area contributed by atoms with Crippen LogP contribution in [0.3, 0.4) is 0 Å². The zero-order valence-corrected chi connectivity index (χ0v) is 19.4. The van der Waals surface area contributed by atoms with Gasteiger partial charge in [0.15, 0.2) is 0 Å². The second-order valence-corrected chi connectivity index (χ2v) is 8.27. The van der Waals surface area contributed by atoms with Crippen molar-refractivity contribution >= 4 is 56.6 Å². The zero-order chi connectivity index (χ0) is 22.7. The molecule has 0 radical (unpaired) electrons. The molecule has 1 aromatic heterocycles. The van der Waals surface area contributed by atoms with Gasteiger partial charge >= 0.3 is 0 Å². The van der Waals surface area contributed by atoms with Gasteiger partial charge in [-0.05, 0) is 64.7 Å². The van der Waals surface area contributed by atoms with Crippen LogP contribution in [0.25, 0.3) is 0 Å². The van der Waals surface area contributed by atoms with E-state index in [0.717, 1.165) is 29.8 Å². The van der Waals surface area contributed by atoms with Gasteiger partial charge in [0.2, 0.25) is 11.9 Å². The number of para-hydroxylation sites is 1. The van der Waals surface area contributed by atoms with Crippen molar-refractivity contribution in [2.75, 3.05) is 29.6 Å². The Morgan fingerprint density at radius 3 is 2.75 bits per heavy atom. The number of aryl methyl sites for hydroxylation is 1. The number of anilines is 5. The predicted octanol–water partition coefficient (Wildman–Crippen LogP) is 4.39. The lowest BCUT2D eigenvalue weighted by atomic mass is 10.1. The van der Waals surface area contributed by atoms with Gasteiger partial charge in [-0.1, -0.05) is 12.1 Å². The molecule has 9 heteroatoms. The fourth-order valence-corrected chi connectivity index (χ4v) is 3.91. The van der Waals surface area contributed by atoms with Gasteiger partial charge in [0.05, 0.1) is 15.7 Å². The third kappa shape index (κ3) is 4.57. The Kier molecular flexibility index (Phi) is 6.36. The first-order valence-corrected chi connectivity index (χ1v) is 11.0. The number of nitrogens with one attached hydrogen (secondary N) is 3. The molecule has 0 unspecified atom stereocenters. The van der Waals surface area contributed by atoms with Crippen LogP contribution in [0.5, 0.6) is 0 Å². The number of hydrogen-bond acceptors (Lipinski definition) is 6. The first kappa shape index (κ1) is 21.8. The number of fused-ring (bicyclic) bond motifs is 1. The molecule has 3 N–H and O–H groups in total. The monoisotopic (exact) mass is 494 g/mol. The third-order valence-electron chi connectivity index (χ3n) is 5.30. The van der Waals surface area contributed by atoms with Crippen LogP contribution in [0.4, 0.5) is 28.8 Å². The van der Waals surface area contributed by atoms with Crippen LogP contribution in [0, 0.1) is 0 Å². The molecule has 0 saturated heterocycles. The summed E-state index contributed by atoms with van der Waals surface area (Å²) in [6, 6.07) is 13.1. The van der Waals surface area contributed by atoms with Crippen LogP contribution in [0.2, 0.25) is 0 Å². The molecule has 32 heavy (non-hydrogen) atoms. The lowest BCUT2D eigenvalue weighted by Crippen LogP contribution is -2.24. The smallest absolute Gasteiger partial charge is 0.253 e. The number of carbonyl (C=O) groups is 2. The fourth-order valence-electron chi connectivity index (χ4n) is 3.62. The van der Waals surface area contributed by atoms with Crippen LogP contribution < -0.4 is 20.9 Å². The fraction of sp³-hybridized carbons (Fsp3) is 0.217. The lowest BCUT2D eigenvalue weighted by Gasteiger charge is -2.18. The first-order chi connectivity index (χ1) is 15.5. The van der Waals surface area contributed by atoms with Gasteiger partial charge in [-0.25, -0.2) is 4.98 Å². The van der Waals surface area contributed by atoms with Crippen molar-refractivity contribution in [3.63, 3.8) is 0 Å². The molecule has 0 bridgehead atoms. The quantitative estimate of drug-likeness (QED) is 0.486. The van der Waals surface area contributed by atoms with E-state index in [1.54, 1.807) is 30.3 Å². The standard InChI is InChI=1S/C23H23BrN6O2/c1-25-22(32)16-7-3-4-8-18(16)28-21-17(24)13-26-23(29-21)27-15-10-11-19-14(12-15)6-5-9-20(31)30(19)2/h3-4,7-8,10-13H,5-6,9H2,1-2H3,(H,25,32)(H2,26,27,28,29). The second kappa shape index (κ2) is 9.35. The van der Waals surface area contributed by atoms with Crippen LogP contribution in [-0.2, 0) is 11.2 Å². The minimum Gasteiger partial charge on any atom is -0.355 e. The summed E-state index contributed by atoms with van der Waals surface area (Å²) >= 11 is 3.47. The minimum absolute atomic E-state index is 0.133. The number of nitrogens with zero attached hydrogens (tertiary/aromatic N) is 3. The van der Waals surface area contributed by atoms with E-state index in [2.05, 4.69) is 41.8 Å². The Hall–Kier alpha value is -3.46. The van der Waals surface area contributed by atoms with Gasteiger partial charge in [0.1, 0.15) is 5.82 Å². The molecule has 0 fully saturated rings. The summed E-state index contributed by atoms with van der Waals surface area (Å²) in [5.74, 6) is 0.878. The van der Waals surface area contributed by atoms with Crippen molar-refractivity contribution in [1.82, 2.24) is 15.3 Å². The summed E-state index contributed by atoms with van der Waals surface area (Å²) in [5, 5.41) is 9.09. The number of aromatic nitrogens is 2. The molecule has 0 saturated carbocycles. The van der Waals surface area contributed by atoms with Crippen molar-refractivity contribution in [1.29, 1.82) is 0 Å². The Morgan fingerprint density at radius 1 is 1.12 bits per heavy atom. The maximum Gasteiger partial charge on any atom is 0.253 e. The number of carbonyl (C=O) groups excluding carboxylic acids is 2. The molecule has 164 valence electrons. The lowest BCUT2D eigenvalue weighted by molar-refractivity contribution is -0.118. The number of amides is 2. The van der Waals surface area contributed by atoms with Gasteiger partial charge in [-0.15, -0.1) is 0 Å². The minimum atomic E-state index is -0.190. The number of hydrogen-bond donors (Lipinski definition) is 3. The number of halogens is 1. The van der Waals surface area contributed by atoms with Crippen LogP contribution in [0.15, 0.2) is 53.1 Å². The molecule has 1 aliphatic heterocycles. The summed E-state index contributed by atoms with van der Waals surface area (Å²) in [6.45, 7) is 0. The number of benzene rings is 2. The average Bonchev–Trinajstić information content (AvgIpc) is 2.94. The molecule has 4 rings (SSSR count). The first-order valence-electron chi connectivity index (χ1n) is 10.2. The highest BCUT2D eigenvalue weighted by Gasteiger charge is 2.19. The normalized spacial score (nSPS) is 13.2. The molecule has 2 amide bonds. The van der Waals surface area contributed by atoms with E-state index in [1.807, 2.05) is 37.4 Å². The zero-order valence-electron chi connectivity index (χ0n) is 17.8. The Labute approximate surface area is 194 Å². The summed E-state index contributed by atoms with van der Waals surface area (Å²) in [4.78, 5) is 34.9.